The van der Waals surface area contributed by atoms with Crippen molar-refractivity contribution in [3.63, 3.8) is 0 Å². The van der Waals surface area contributed by atoms with Crippen molar-refractivity contribution in [2.24, 2.45) is 5.41 Å². The van der Waals surface area contributed by atoms with Crippen molar-refractivity contribution < 1.29 is 14.7 Å². The minimum atomic E-state index is -0.855. The van der Waals surface area contributed by atoms with Gasteiger partial charge in [0, 0.05) is 13.1 Å². The zero-order valence-corrected chi connectivity index (χ0v) is 12.5. The van der Waals surface area contributed by atoms with Crippen molar-refractivity contribution in [1.29, 1.82) is 0 Å². The van der Waals surface area contributed by atoms with Gasteiger partial charge in [0.2, 0.25) is 5.91 Å². The second-order valence-electron chi connectivity index (χ2n) is 5.82. The third kappa shape index (κ3) is 3.63. The molecular formula is C17H23NO3. The summed E-state index contributed by atoms with van der Waals surface area (Å²) in [7, 11) is 0. The van der Waals surface area contributed by atoms with Crippen LogP contribution in [-0.4, -0.2) is 35.0 Å². The molecule has 21 heavy (non-hydrogen) atoms. The summed E-state index contributed by atoms with van der Waals surface area (Å²) in [5.74, 6) is -0.728. The molecule has 114 valence electrons. The highest BCUT2D eigenvalue weighted by atomic mass is 16.4. The van der Waals surface area contributed by atoms with Gasteiger partial charge in [-0.1, -0.05) is 36.8 Å². The van der Waals surface area contributed by atoms with Crippen LogP contribution in [-0.2, 0) is 16.0 Å². The molecule has 0 spiro atoms. The van der Waals surface area contributed by atoms with Crippen LogP contribution in [0.15, 0.2) is 30.3 Å². The molecule has 0 bridgehead atoms. The quantitative estimate of drug-likeness (QED) is 0.839. The molecule has 1 saturated carbocycles. The van der Waals surface area contributed by atoms with E-state index in [9.17, 15) is 9.59 Å². The Morgan fingerprint density at radius 2 is 1.90 bits per heavy atom. The van der Waals surface area contributed by atoms with Crippen molar-refractivity contribution in [3.05, 3.63) is 35.9 Å². The van der Waals surface area contributed by atoms with Gasteiger partial charge in [0.1, 0.15) is 0 Å². The first kappa shape index (κ1) is 15.5. The van der Waals surface area contributed by atoms with Crippen molar-refractivity contribution in [1.82, 2.24) is 4.90 Å². The number of rotatable bonds is 7. The van der Waals surface area contributed by atoms with Gasteiger partial charge in [0.25, 0.3) is 0 Å². The second kappa shape index (κ2) is 6.74. The van der Waals surface area contributed by atoms with Gasteiger partial charge in [-0.25, -0.2) is 0 Å². The summed E-state index contributed by atoms with van der Waals surface area (Å²) in [6, 6.07) is 10.1. The normalized spacial score (nSPS) is 16.0. The Kier molecular flexibility index (Phi) is 4.99. The van der Waals surface area contributed by atoms with E-state index in [1.165, 1.54) is 5.56 Å². The zero-order valence-electron chi connectivity index (χ0n) is 12.5. The second-order valence-corrected chi connectivity index (χ2v) is 5.82. The third-order valence-corrected chi connectivity index (χ3v) is 4.41. The maximum Gasteiger partial charge on any atom is 0.305 e. The number of carboxylic acid groups (broad SMARTS) is 1. The first-order valence-electron chi connectivity index (χ1n) is 7.62. The van der Waals surface area contributed by atoms with E-state index >= 15 is 0 Å². The SMILES string of the molecule is CCN(CCC(=O)O)C(=O)C1(Cc2ccccc2)CCC1. The van der Waals surface area contributed by atoms with Gasteiger partial charge < -0.3 is 10.0 Å². The van der Waals surface area contributed by atoms with Gasteiger partial charge in [0.15, 0.2) is 0 Å². The largest absolute Gasteiger partial charge is 0.481 e. The summed E-state index contributed by atoms with van der Waals surface area (Å²) in [4.78, 5) is 25.3. The van der Waals surface area contributed by atoms with E-state index < -0.39 is 5.97 Å². The number of carbonyl (C=O) groups excluding carboxylic acids is 1. The van der Waals surface area contributed by atoms with E-state index in [0.29, 0.717) is 13.1 Å². The molecule has 4 nitrogen and oxygen atoms in total. The number of nitrogens with zero attached hydrogens (tertiary/aromatic N) is 1. The molecule has 1 N–H and O–H groups in total. The smallest absolute Gasteiger partial charge is 0.305 e. The Morgan fingerprint density at radius 3 is 2.38 bits per heavy atom. The number of hydrogen-bond acceptors (Lipinski definition) is 2. The highest BCUT2D eigenvalue weighted by molar-refractivity contribution is 5.84. The maximum absolute atomic E-state index is 12.8. The maximum atomic E-state index is 12.8. The summed E-state index contributed by atoms with van der Waals surface area (Å²) in [5, 5.41) is 8.81. The van der Waals surface area contributed by atoms with Crippen LogP contribution in [0.1, 0.15) is 38.2 Å². The van der Waals surface area contributed by atoms with Crippen LogP contribution in [0.25, 0.3) is 0 Å². The van der Waals surface area contributed by atoms with Crippen molar-refractivity contribution in [3.8, 4) is 0 Å². The number of benzene rings is 1. The van der Waals surface area contributed by atoms with Crippen LogP contribution in [0.3, 0.4) is 0 Å². The van der Waals surface area contributed by atoms with E-state index in [-0.39, 0.29) is 17.7 Å². The lowest BCUT2D eigenvalue weighted by Gasteiger charge is -2.43. The van der Waals surface area contributed by atoms with Gasteiger partial charge in [-0.3, -0.25) is 9.59 Å². The van der Waals surface area contributed by atoms with Crippen molar-refractivity contribution in [2.45, 2.75) is 39.0 Å². The lowest BCUT2D eigenvalue weighted by molar-refractivity contribution is -0.148. The monoisotopic (exact) mass is 289 g/mol. The molecule has 0 heterocycles. The minimum Gasteiger partial charge on any atom is -0.481 e. The van der Waals surface area contributed by atoms with Crippen LogP contribution in [0, 0.1) is 5.41 Å². The Hall–Kier alpha value is -1.84. The fourth-order valence-electron chi connectivity index (χ4n) is 3.03. The van der Waals surface area contributed by atoms with E-state index in [1.807, 2.05) is 25.1 Å². The topological polar surface area (TPSA) is 57.6 Å². The predicted octanol–water partition coefficient (Wildman–Crippen LogP) is 2.72. The lowest BCUT2D eigenvalue weighted by atomic mass is 9.64. The van der Waals surface area contributed by atoms with Crippen LogP contribution < -0.4 is 0 Å². The van der Waals surface area contributed by atoms with Crippen LogP contribution in [0.2, 0.25) is 0 Å². The molecule has 4 heteroatoms. The van der Waals surface area contributed by atoms with E-state index in [4.69, 9.17) is 5.11 Å². The number of hydrogen-bond donors (Lipinski definition) is 1. The molecule has 0 radical (unpaired) electrons. The molecular weight excluding hydrogens is 266 g/mol. The van der Waals surface area contributed by atoms with Crippen LogP contribution in [0.5, 0.6) is 0 Å². The molecule has 1 aliphatic rings. The molecule has 1 aromatic rings. The van der Waals surface area contributed by atoms with Gasteiger partial charge in [-0.2, -0.15) is 0 Å². The molecule has 1 aromatic carbocycles. The van der Waals surface area contributed by atoms with Gasteiger partial charge in [-0.15, -0.1) is 0 Å². The molecule has 0 atom stereocenters. The average molecular weight is 289 g/mol. The first-order chi connectivity index (χ1) is 10.1. The number of carbonyl (C=O) groups is 2. The lowest BCUT2D eigenvalue weighted by Crippen LogP contribution is -2.49. The molecule has 2 rings (SSSR count). The Balaban J connectivity index is 2.07. The van der Waals surface area contributed by atoms with Crippen LogP contribution in [0.4, 0.5) is 0 Å². The summed E-state index contributed by atoms with van der Waals surface area (Å²) in [5.41, 5.74) is 0.871. The summed E-state index contributed by atoms with van der Waals surface area (Å²) in [6.45, 7) is 2.79. The fraction of sp³-hybridized carbons (Fsp3) is 0.529. The number of aliphatic carboxylic acids is 1. The first-order valence-corrected chi connectivity index (χ1v) is 7.62. The van der Waals surface area contributed by atoms with Crippen LogP contribution >= 0.6 is 0 Å². The molecule has 1 aliphatic carbocycles. The molecule has 1 fully saturated rings. The average Bonchev–Trinajstić information content (AvgIpc) is 2.44. The Morgan fingerprint density at radius 1 is 1.24 bits per heavy atom. The van der Waals surface area contributed by atoms with Crippen molar-refractivity contribution in [2.75, 3.05) is 13.1 Å². The highest BCUT2D eigenvalue weighted by Crippen LogP contribution is 2.45. The molecule has 1 amide bonds. The summed E-state index contributed by atoms with van der Waals surface area (Å²) in [6.07, 6.45) is 3.67. The van der Waals surface area contributed by atoms with Gasteiger partial charge >= 0.3 is 5.97 Å². The molecule has 0 aliphatic heterocycles. The standard InChI is InChI=1S/C17H23NO3/c1-2-18(12-9-15(19)20)16(21)17(10-6-11-17)13-14-7-4-3-5-8-14/h3-5,7-8H,2,6,9-13H2,1H3,(H,19,20). The fourth-order valence-corrected chi connectivity index (χ4v) is 3.03. The minimum absolute atomic E-state index is 0.0149. The van der Waals surface area contributed by atoms with E-state index in [1.54, 1.807) is 4.90 Å². The third-order valence-electron chi connectivity index (χ3n) is 4.41. The van der Waals surface area contributed by atoms with Gasteiger partial charge in [0.05, 0.1) is 11.8 Å². The highest BCUT2D eigenvalue weighted by Gasteiger charge is 2.45. The Labute approximate surface area is 125 Å². The summed E-state index contributed by atoms with van der Waals surface area (Å²) >= 11 is 0. The van der Waals surface area contributed by atoms with E-state index in [2.05, 4.69) is 12.1 Å². The zero-order chi connectivity index (χ0) is 15.3. The molecule has 0 aromatic heterocycles. The molecule has 0 unspecified atom stereocenters. The number of amides is 1. The Bertz CT molecular complexity index is 494. The van der Waals surface area contributed by atoms with E-state index in [0.717, 1.165) is 25.7 Å². The van der Waals surface area contributed by atoms with Crippen molar-refractivity contribution >= 4 is 11.9 Å². The predicted molar refractivity (Wildman–Crippen MR) is 80.9 cm³/mol. The molecule has 0 saturated heterocycles. The number of carboxylic acids is 1. The summed E-state index contributed by atoms with van der Waals surface area (Å²) < 4.78 is 0. The van der Waals surface area contributed by atoms with Gasteiger partial charge in [-0.05, 0) is 31.7 Å².